The number of fused-ring (bicyclic) bond motifs is 1. The number of aliphatic hydroxyl groups excluding tert-OH is 1. The largest absolute Gasteiger partial charge is 0.396 e. The van der Waals surface area contributed by atoms with E-state index in [1.54, 1.807) is 33.9 Å². The molecule has 3 fully saturated rings. The van der Waals surface area contributed by atoms with Gasteiger partial charge in [0.2, 0.25) is 17.7 Å². The van der Waals surface area contributed by atoms with Crippen molar-refractivity contribution in [2.75, 3.05) is 33.3 Å². The van der Waals surface area contributed by atoms with Crippen LogP contribution in [0.1, 0.15) is 60.3 Å². The first kappa shape index (κ1) is 28.4. The number of ether oxygens (including phenoxy) is 1. The summed E-state index contributed by atoms with van der Waals surface area (Å²) < 4.78 is 6.80. The van der Waals surface area contributed by atoms with Crippen LogP contribution in [-0.4, -0.2) is 93.6 Å². The molecule has 6 atom stereocenters. The zero-order valence-corrected chi connectivity index (χ0v) is 23.0. The van der Waals surface area contributed by atoms with E-state index in [9.17, 15) is 19.5 Å². The van der Waals surface area contributed by atoms with Crippen LogP contribution in [0, 0.1) is 17.8 Å². The zero-order chi connectivity index (χ0) is 27.1. The number of amides is 3. The van der Waals surface area contributed by atoms with Crippen LogP contribution < -0.4 is 0 Å². The Morgan fingerprint density at radius 2 is 1.81 bits per heavy atom. The highest BCUT2D eigenvalue weighted by Crippen LogP contribution is 2.65. The molecule has 3 heterocycles. The number of unbranched alkanes of at least 4 members (excludes halogenated alkanes) is 2. The summed E-state index contributed by atoms with van der Waals surface area (Å²) in [6.07, 6.45) is 5.96. The third-order valence-electron chi connectivity index (χ3n) is 8.54. The van der Waals surface area contributed by atoms with Crippen LogP contribution in [0.5, 0.6) is 0 Å². The third kappa shape index (κ3) is 4.40. The van der Waals surface area contributed by atoms with Gasteiger partial charge in [0.25, 0.3) is 0 Å². The second kappa shape index (κ2) is 10.3. The van der Waals surface area contributed by atoms with E-state index >= 15 is 0 Å². The summed E-state index contributed by atoms with van der Waals surface area (Å²) in [5.74, 6) is -1.86. The quantitative estimate of drug-likeness (QED) is 0.346. The third-order valence-corrected chi connectivity index (χ3v) is 8.54. The van der Waals surface area contributed by atoms with Crippen molar-refractivity contribution >= 4 is 17.7 Å². The fourth-order valence-electron chi connectivity index (χ4n) is 6.70. The van der Waals surface area contributed by atoms with Gasteiger partial charge in [-0.1, -0.05) is 19.1 Å². The molecule has 1 N–H and O–H groups in total. The number of hydrogen-bond acceptors (Lipinski definition) is 5. The van der Waals surface area contributed by atoms with Gasteiger partial charge >= 0.3 is 0 Å². The lowest BCUT2D eigenvalue weighted by atomic mass is 9.62. The molecule has 1 spiro atoms. The van der Waals surface area contributed by atoms with E-state index in [0.717, 1.165) is 6.42 Å². The van der Waals surface area contributed by atoms with Crippen LogP contribution in [0.4, 0.5) is 0 Å². The minimum atomic E-state index is -1.06. The van der Waals surface area contributed by atoms with Gasteiger partial charge in [-0.15, -0.1) is 13.2 Å². The molecule has 2 bridgehead atoms. The average Bonchev–Trinajstić information content (AvgIpc) is 3.30. The van der Waals surface area contributed by atoms with Gasteiger partial charge < -0.3 is 24.5 Å². The highest BCUT2D eigenvalue weighted by atomic mass is 16.5. The predicted molar refractivity (Wildman–Crippen MR) is 139 cm³/mol. The molecule has 3 unspecified atom stereocenters. The number of hydrogen-bond donors (Lipinski definition) is 1. The molecule has 0 radical (unpaired) electrons. The lowest BCUT2D eigenvalue weighted by Crippen LogP contribution is -2.60. The van der Waals surface area contributed by atoms with Crippen molar-refractivity contribution in [1.82, 2.24) is 14.7 Å². The number of nitrogens with zero attached hydrogens (tertiary/aromatic N) is 3. The summed E-state index contributed by atoms with van der Waals surface area (Å²) in [4.78, 5) is 47.2. The number of likely N-dealkylation sites (N-methyl/N-ethyl adjacent to an activating group) is 1. The lowest BCUT2D eigenvalue weighted by molar-refractivity contribution is -0.156. The Hall–Kier alpha value is -2.19. The van der Waals surface area contributed by atoms with E-state index in [-0.39, 0.29) is 30.2 Å². The minimum Gasteiger partial charge on any atom is -0.396 e. The minimum absolute atomic E-state index is 0.000221. The van der Waals surface area contributed by atoms with Gasteiger partial charge in [0.1, 0.15) is 11.6 Å². The second-order valence-electron chi connectivity index (χ2n) is 11.9. The SMILES string of the molecule is C=CCN(C)C(=O)[C@H]1[C@H]2C(=O)N(CCCCCO)C(C(=O)N(CC=C)C(C)(C)C)C23CC(C)[C@]1(C)O3. The van der Waals surface area contributed by atoms with Crippen LogP contribution in [-0.2, 0) is 19.1 Å². The number of likely N-dealkylation sites (tertiary alicyclic amines) is 1. The molecule has 8 nitrogen and oxygen atoms in total. The van der Waals surface area contributed by atoms with E-state index in [0.29, 0.717) is 38.9 Å². The molecule has 0 aromatic carbocycles. The zero-order valence-electron chi connectivity index (χ0n) is 23.0. The maximum atomic E-state index is 14.3. The Morgan fingerprint density at radius 1 is 1.17 bits per heavy atom. The highest BCUT2D eigenvalue weighted by Gasteiger charge is 2.80. The molecule has 3 saturated heterocycles. The van der Waals surface area contributed by atoms with Gasteiger partial charge in [0, 0.05) is 38.8 Å². The molecule has 36 heavy (non-hydrogen) atoms. The van der Waals surface area contributed by atoms with Crippen molar-refractivity contribution in [3.05, 3.63) is 25.3 Å². The van der Waals surface area contributed by atoms with Gasteiger partial charge in [0.15, 0.2) is 0 Å². The van der Waals surface area contributed by atoms with Gasteiger partial charge in [-0.2, -0.15) is 0 Å². The van der Waals surface area contributed by atoms with Crippen LogP contribution in [0.3, 0.4) is 0 Å². The Kier molecular flexibility index (Phi) is 8.11. The predicted octanol–water partition coefficient (Wildman–Crippen LogP) is 2.62. The Labute approximate surface area is 216 Å². The van der Waals surface area contributed by atoms with Crippen molar-refractivity contribution in [3.8, 4) is 0 Å². The summed E-state index contributed by atoms with van der Waals surface area (Å²) >= 11 is 0. The molecule has 0 saturated carbocycles. The summed E-state index contributed by atoms with van der Waals surface area (Å²) in [5, 5.41) is 9.22. The number of aliphatic hydroxyl groups is 1. The maximum absolute atomic E-state index is 14.3. The van der Waals surface area contributed by atoms with Crippen LogP contribution >= 0.6 is 0 Å². The lowest BCUT2D eigenvalue weighted by Gasteiger charge is -2.42. The summed E-state index contributed by atoms with van der Waals surface area (Å²) in [6.45, 7) is 18.7. The molecule has 0 aliphatic carbocycles. The fraction of sp³-hybridized carbons (Fsp3) is 0.750. The van der Waals surface area contributed by atoms with Gasteiger partial charge in [-0.05, 0) is 59.3 Å². The number of carbonyl (C=O) groups excluding carboxylic acids is 3. The first-order valence-electron chi connectivity index (χ1n) is 13.2. The second-order valence-corrected chi connectivity index (χ2v) is 11.9. The molecule has 3 aliphatic heterocycles. The van der Waals surface area contributed by atoms with Gasteiger partial charge in [-0.25, -0.2) is 0 Å². The smallest absolute Gasteiger partial charge is 0.249 e. The molecule has 3 aliphatic rings. The van der Waals surface area contributed by atoms with E-state index in [2.05, 4.69) is 20.1 Å². The molecule has 8 heteroatoms. The average molecular weight is 504 g/mol. The van der Waals surface area contributed by atoms with E-state index in [1.165, 1.54) is 0 Å². The molecule has 0 aromatic rings. The van der Waals surface area contributed by atoms with E-state index in [1.807, 2.05) is 27.7 Å². The Balaban J connectivity index is 2.11. The molecule has 3 rings (SSSR count). The fourth-order valence-corrected chi connectivity index (χ4v) is 6.70. The van der Waals surface area contributed by atoms with Gasteiger partial charge in [0.05, 0.1) is 17.4 Å². The number of rotatable bonds is 11. The van der Waals surface area contributed by atoms with Crippen LogP contribution in [0.15, 0.2) is 25.3 Å². The monoisotopic (exact) mass is 503 g/mol. The Morgan fingerprint density at radius 3 is 2.36 bits per heavy atom. The molecule has 0 aromatic heterocycles. The van der Waals surface area contributed by atoms with Crippen molar-refractivity contribution in [1.29, 1.82) is 0 Å². The topological polar surface area (TPSA) is 90.4 Å². The summed E-state index contributed by atoms with van der Waals surface area (Å²) in [7, 11) is 1.72. The Bertz CT molecular complexity index is 898. The van der Waals surface area contributed by atoms with Crippen molar-refractivity contribution in [2.24, 2.45) is 17.8 Å². The van der Waals surface area contributed by atoms with E-state index < -0.39 is 34.6 Å². The van der Waals surface area contributed by atoms with Gasteiger partial charge in [-0.3, -0.25) is 14.4 Å². The molecular weight excluding hydrogens is 458 g/mol. The summed E-state index contributed by atoms with van der Waals surface area (Å²) in [6, 6.07) is -0.810. The number of carbonyl (C=O) groups is 3. The first-order chi connectivity index (χ1) is 16.8. The van der Waals surface area contributed by atoms with Crippen molar-refractivity contribution < 1.29 is 24.2 Å². The highest BCUT2D eigenvalue weighted by molar-refractivity contribution is 5.99. The van der Waals surface area contributed by atoms with E-state index in [4.69, 9.17) is 4.74 Å². The molecule has 3 amide bonds. The van der Waals surface area contributed by atoms with Crippen LogP contribution in [0.2, 0.25) is 0 Å². The molecular formula is C28H45N3O5. The molecule has 202 valence electrons. The van der Waals surface area contributed by atoms with Crippen molar-refractivity contribution in [3.63, 3.8) is 0 Å². The maximum Gasteiger partial charge on any atom is 0.249 e. The summed E-state index contributed by atoms with van der Waals surface area (Å²) in [5.41, 5.74) is -2.38. The standard InChI is InChI=1S/C28H45N3O5/c1-9-14-29(8)23(33)20-21-24(34)30(16-12-11-13-17-32)22(25(35)31(15-10-2)26(4,5)6)28(21)18-19(3)27(20,7)36-28/h9-10,19-22,32H,1-2,11-18H2,3-8H3/t19?,20-,21+,22?,27+,28?/m1/s1. The normalized spacial score (nSPS) is 33.0. The van der Waals surface area contributed by atoms with Crippen LogP contribution in [0.25, 0.3) is 0 Å². The first-order valence-corrected chi connectivity index (χ1v) is 13.2. The van der Waals surface area contributed by atoms with Crippen molar-refractivity contribution in [2.45, 2.75) is 83.1 Å².